The standard InChI is InChI=1S/C53H98N8O13S/c1-3-5-7-9-11-13-15-17-19-21-23-25-27-31-47(66)73-37-40(74-48(67)32-28-26-24-22-20-18-16-14-12-10-8-6-4-2)38-75-39-41(54)49(68)60-42(30-29-33-57-53(55)56)50(69)58-35-45(63)59-43(34-46(64)65)51(70)61-44(36-62)52(71)72/h40-44,62H,3-39,54H2,1-2H3,(H,58,69)(H,59,63)(H,60,68)(H,61,70)(H,64,65)(H,71,72)(H4,55,56,57)/t40?,41-,42-,43-,44-/m0/s1. The van der Waals surface area contributed by atoms with Gasteiger partial charge in [0.05, 0.1) is 25.6 Å². The molecule has 434 valence electrons. The zero-order valence-electron chi connectivity index (χ0n) is 45.6. The number of rotatable bonds is 51. The van der Waals surface area contributed by atoms with Crippen molar-refractivity contribution in [3.8, 4) is 0 Å². The number of aliphatic hydroxyl groups is 1. The van der Waals surface area contributed by atoms with Crippen LogP contribution < -0.4 is 38.5 Å². The summed E-state index contributed by atoms with van der Waals surface area (Å²) in [5.41, 5.74) is 17.1. The third-order valence-electron chi connectivity index (χ3n) is 12.5. The second-order valence-electron chi connectivity index (χ2n) is 19.5. The number of carboxylic acid groups (broad SMARTS) is 2. The molecule has 22 heteroatoms. The Morgan fingerprint density at radius 3 is 1.48 bits per heavy atom. The van der Waals surface area contributed by atoms with Gasteiger partial charge in [-0.25, -0.2) is 4.79 Å². The molecule has 0 fully saturated rings. The van der Waals surface area contributed by atoms with E-state index in [1.165, 1.54) is 127 Å². The minimum atomic E-state index is -1.77. The quantitative estimate of drug-likeness (QED) is 0.0152. The predicted octanol–water partition coefficient (Wildman–Crippen LogP) is 5.64. The van der Waals surface area contributed by atoms with Gasteiger partial charge in [0.1, 0.15) is 30.8 Å². The third kappa shape index (κ3) is 42.1. The van der Waals surface area contributed by atoms with E-state index >= 15 is 0 Å². The van der Waals surface area contributed by atoms with E-state index in [1.54, 1.807) is 0 Å². The number of ether oxygens (including phenoxy) is 2. The van der Waals surface area contributed by atoms with Gasteiger partial charge in [0.2, 0.25) is 23.6 Å². The first-order chi connectivity index (χ1) is 36.0. The number of nitrogens with one attached hydrogen (secondary N) is 4. The number of hydrogen-bond donors (Lipinski definition) is 10. The highest BCUT2D eigenvalue weighted by Crippen LogP contribution is 2.17. The van der Waals surface area contributed by atoms with Crippen LogP contribution in [-0.2, 0) is 47.8 Å². The molecule has 0 aliphatic carbocycles. The van der Waals surface area contributed by atoms with E-state index < -0.39 is 91.4 Å². The van der Waals surface area contributed by atoms with E-state index in [2.05, 4.69) is 34.8 Å². The number of aliphatic carboxylic acids is 2. The van der Waals surface area contributed by atoms with Crippen LogP contribution in [0.3, 0.4) is 0 Å². The summed E-state index contributed by atoms with van der Waals surface area (Å²) in [5.74, 6) is -7.72. The summed E-state index contributed by atoms with van der Waals surface area (Å²) in [6, 6.07) is -5.97. The normalized spacial score (nSPS) is 13.1. The number of esters is 2. The number of nitrogens with two attached hydrogens (primary N) is 3. The maximum Gasteiger partial charge on any atom is 0.328 e. The molecule has 75 heavy (non-hydrogen) atoms. The molecule has 21 nitrogen and oxygen atoms in total. The van der Waals surface area contributed by atoms with Crippen LogP contribution in [0.2, 0.25) is 0 Å². The van der Waals surface area contributed by atoms with Gasteiger partial charge in [0, 0.05) is 30.9 Å². The van der Waals surface area contributed by atoms with Crippen LogP contribution >= 0.6 is 11.8 Å². The summed E-state index contributed by atoms with van der Waals surface area (Å²) in [6.45, 7) is 2.60. The van der Waals surface area contributed by atoms with E-state index in [9.17, 15) is 48.6 Å². The molecule has 4 amide bonds. The molecule has 0 aliphatic heterocycles. The van der Waals surface area contributed by atoms with Crippen molar-refractivity contribution in [2.75, 3.05) is 37.8 Å². The number of carbonyl (C=O) groups excluding carboxylic acids is 6. The van der Waals surface area contributed by atoms with Crippen molar-refractivity contribution in [2.24, 2.45) is 22.2 Å². The molecule has 0 saturated carbocycles. The topological polar surface area (TPSA) is 354 Å². The summed E-state index contributed by atoms with van der Waals surface area (Å²) in [4.78, 5) is 104. The Bertz CT molecular complexity index is 1620. The van der Waals surface area contributed by atoms with Gasteiger partial charge in [-0.1, -0.05) is 168 Å². The first-order valence-corrected chi connectivity index (χ1v) is 29.2. The average Bonchev–Trinajstić information content (AvgIpc) is 3.36. The van der Waals surface area contributed by atoms with E-state index in [-0.39, 0.29) is 62.3 Å². The van der Waals surface area contributed by atoms with Gasteiger partial charge < -0.3 is 63.3 Å². The van der Waals surface area contributed by atoms with E-state index in [0.29, 0.717) is 12.8 Å². The van der Waals surface area contributed by atoms with Gasteiger partial charge in [-0.3, -0.25) is 38.6 Å². The lowest BCUT2D eigenvalue weighted by Gasteiger charge is -2.22. The van der Waals surface area contributed by atoms with Crippen molar-refractivity contribution in [3.05, 3.63) is 0 Å². The van der Waals surface area contributed by atoms with Gasteiger partial charge in [-0.2, -0.15) is 11.8 Å². The number of carboxylic acids is 2. The number of unbranched alkanes of at least 4 members (excludes halogenated alkanes) is 24. The maximum atomic E-state index is 13.4. The van der Waals surface area contributed by atoms with Crippen LogP contribution in [0.5, 0.6) is 0 Å². The Labute approximate surface area is 451 Å². The van der Waals surface area contributed by atoms with Crippen molar-refractivity contribution < 1.29 is 63.1 Å². The van der Waals surface area contributed by atoms with Gasteiger partial charge in [-0.05, 0) is 25.7 Å². The molecule has 5 atom stereocenters. The van der Waals surface area contributed by atoms with Crippen LogP contribution in [0.15, 0.2) is 4.99 Å². The van der Waals surface area contributed by atoms with E-state index in [0.717, 1.165) is 38.5 Å². The first kappa shape index (κ1) is 70.3. The Balaban J connectivity index is 5.40. The smallest absolute Gasteiger partial charge is 0.328 e. The van der Waals surface area contributed by atoms with Crippen LogP contribution in [0.25, 0.3) is 0 Å². The molecule has 0 aromatic heterocycles. The summed E-state index contributed by atoms with van der Waals surface area (Å²) >= 11 is 1.20. The number of thioether (sulfide) groups is 1. The van der Waals surface area contributed by atoms with Crippen molar-refractivity contribution in [1.29, 1.82) is 0 Å². The Kier molecular flexibility index (Phi) is 44.7. The van der Waals surface area contributed by atoms with Crippen LogP contribution in [0.1, 0.15) is 213 Å². The lowest BCUT2D eigenvalue weighted by molar-refractivity contribution is -0.157. The Morgan fingerprint density at radius 1 is 0.560 bits per heavy atom. The van der Waals surface area contributed by atoms with Crippen LogP contribution in [-0.4, -0.2) is 137 Å². The van der Waals surface area contributed by atoms with Crippen LogP contribution in [0.4, 0.5) is 0 Å². The molecule has 0 spiro atoms. The fraction of sp³-hybridized carbons (Fsp3) is 0.830. The minimum absolute atomic E-state index is 0.0143. The molecule has 0 heterocycles. The molecule has 0 radical (unpaired) electrons. The van der Waals surface area contributed by atoms with E-state index in [4.69, 9.17) is 31.8 Å². The largest absolute Gasteiger partial charge is 0.481 e. The number of carbonyl (C=O) groups is 8. The predicted molar refractivity (Wildman–Crippen MR) is 292 cm³/mol. The lowest BCUT2D eigenvalue weighted by atomic mass is 10.0. The summed E-state index contributed by atoms with van der Waals surface area (Å²) in [5, 5.41) is 36.5. The second kappa shape index (κ2) is 47.7. The number of nitrogens with zero attached hydrogens (tertiary/aromatic N) is 1. The average molecular weight is 1090 g/mol. The molecular formula is C53H98N8O13S. The number of hydrogen-bond acceptors (Lipinski definition) is 14. The first-order valence-electron chi connectivity index (χ1n) is 28.0. The minimum Gasteiger partial charge on any atom is -0.481 e. The molecule has 13 N–H and O–H groups in total. The van der Waals surface area contributed by atoms with Crippen molar-refractivity contribution in [2.45, 2.75) is 243 Å². The van der Waals surface area contributed by atoms with Gasteiger partial charge in [0.15, 0.2) is 5.96 Å². The number of guanidine groups is 1. The summed E-state index contributed by atoms with van der Waals surface area (Å²) in [6.07, 6.45) is 29.5. The number of aliphatic imine (C=N–C) groups is 1. The van der Waals surface area contributed by atoms with Crippen molar-refractivity contribution in [1.82, 2.24) is 21.3 Å². The van der Waals surface area contributed by atoms with Crippen molar-refractivity contribution >= 4 is 65.2 Å². The van der Waals surface area contributed by atoms with Crippen molar-refractivity contribution in [3.63, 3.8) is 0 Å². The zero-order chi connectivity index (χ0) is 55.9. The van der Waals surface area contributed by atoms with Crippen LogP contribution in [0, 0.1) is 0 Å². The molecule has 1 unspecified atom stereocenters. The zero-order valence-corrected chi connectivity index (χ0v) is 46.4. The fourth-order valence-corrected chi connectivity index (χ4v) is 8.99. The molecule has 0 aromatic carbocycles. The summed E-state index contributed by atoms with van der Waals surface area (Å²) in [7, 11) is 0. The Hall–Kier alpha value is -4.70. The maximum absolute atomic E-state index is 13.4. The summed E-state index contributed by atoms with van der Waals surface area (Å²) < 4.78 is 11.4. The molecule has 0 rings (SSSR count). The molecule has 0 aliphatic rings. The molecular weight excluding hydrogens is 989 g/mol. The highest BCUT2D eigenvalue weighted by molar-refractivity contribution is 7.99. The SMILES string of the molecule is CCCCCCCCCCCCCCCC(=O)OCC(CSC[C@H](N)C(=O)N[C@@H](CCCN=C(N)N)C(=O)NCC(=O)N[C@@H](CC(=O)O)C(=O)N[C@@H](CO)C(=O)O)OC(=O)CCCCCCCCCCCCCCC. The number of aliphatic hydroxyl groups excluding tert-OH is 1. The highest BCUT2D eigenvalue weighted by Gasteiger charge is 2.29. The second-order valence-corrected chi connectivity index (χ2v) is 20.5. The fourth-order valence-electron chi connectivity index (χ4n) is 8.02. The third-order valence-corrected chi connectivity index (χ3v) is 13.7. The van der Waals surface area contributed by atoms with E-state index in [1.807, 2.05) is 5.32 Å². The molecule has 0 saturated heterocycles. The number of amides is 4. The lowest BCUT2D eigenvalue weighted by Crippen LogP contribution is -2.56. The van der Waals surface area contributed by atoms with Gasteiger partial charge in [0.25, 0.3) is 0 Å². The molecule has 0 bridgehead atoms. The van der Waals surface area contributed by atoms with Gasteiger partial charge in [-0.15, -0.1) is 0 Å². The monoisotopic (exact) mass is 1090 g/mol. The Morgan fingerprint density at radius 2 is 1.03 bits per heavy atom. The highest BCUT2D eigenvalue weighted by atomic mass is 32.2. The van der Waals surface area contributed by atoms with Gasteiger partial charge >= 0.3 is 23.9 Å². The molecule has 0 aromatic rings.